The molecule has 2 aromatic carbocycles. The molecule has 0 aromatic heterocycles. The zero-order chi connectivity index (χ0) is 21.0. The van der Waals surface area contributed by atoms with Crippen LogP contribution in [0.2, 0.25) is 0 Å². The number of hydrogen-bond acceptors (Lipinski definition) is 4. The molecule has 1 saturated heterocycles. The Morgan fingerprint density at radius 2 is 1.97 bits per heavy atom. The molecule has 1 fully saturated rings. The minimum atomic E-state index is -1.41. The van der Waals surface area contributed by atoms with E-state index in [1.807, 2.05) is 30.3 Å². The van der Waals surface area contributed by atoms with Crippen LogP contribution in [-0.4, -0.2) is 52.7 Å². The lowest BCUT2D eigenvalue weighted by Crippen LogP contribution is -2.58. The lowest BCUT2D eigenvalue weighted by molar-refractivity contribution is -0.163. The van der Waals surface area contributed by atoms with E-state index in [-0.39, 0.29) is 31.6 Å². The van der Waals surface area contributed by atoms with E-state index in [0.717, 1.165) is 11.1 Å². The van der Waals surface area contributed by atoms with Crippen LogP contribution in [0.25, 0.3) is 0 Å². The molecule has 154 valence electrons. The summed E-state index contributed by atoms with van der Waals surface area (Å²) in [4.78, 5) is 26.3. The molecule has 2 aromatic rings. The van der Waals surface area contributed by atoms with Gasteiger partial charge in [0.2, 0.25) is 5.91 Å². The summed E-state index contributed by atoms with van der Waals surface area (Å²) in [5, 5.41) is 23.0. The second-order valence-electron chi connectivity index (χ2n) is 7.67. The van der Waals surface area contributed by atoms with Crippen molar-refractivity contribution in [3.8, 4) is 0 Å². The van der Waals surface area contributed by atoms with Crippen molar-refractivity contribution in [2.24, 2.45) is 5.41 Å². The smallest absolute Gasteiger partial charge is 0.313 e. The highest BCUT2D eigenvalue weighted by molar-refractivity contribution is 5.92. The highest BCUT2D eigenvalue weighted by Crippen LogP contribution is 2.34. The third-order valence-corrected chi connectivity index (χ3v) is 5.41. The molecule has 0 radical (unpaired) electrons. The first-order chi connectivity index (χ1) is 13.8. The van der Waals surface area contributed by atoms with E-state index in [9.17, 15) is 24.2 Å². The van der Waals surface area contributed by atoms with Gasteiger partial charge in [-0.15, -0.1) is 0 Å². The van der Waals surface area contributed by atoms with Gasteiger partial charge in [-0.3, -0.25) is 14.5 Å². The number of halogens is 1. The van der Waals surface area contributed by atoms with Crippen molar-refractivity contribution in [2.45, 2.75) is 25.9 Å². The summed E-state index contributed by atoms with van der Waals surface area (Å²) >= 11 is 0. The van der Waals surface area contributed by atoms with Crippen LogP contribution >= 0.6 is 0 Å². The number of carboxylic acids is 1. The molecule has 29 heavy (non-hydrogen) atoms. The molecule has 2 atom stereocenters. The number of anilines is 1. The first-order valence-corrected chi connectivity index (χ1v) is 9.54. The van der Waals surface area contributed by atoms with Crippen molar-refractivity contribution in [1.29, 1.82) is 0 Å². The predicted octanol–water partition coefficient (Wildman–Crippen LogP) is 2.45. The first-order valence-electron chi connectivity index (χ1n) is 9.54. The number of benzene rings is 2. The normalized spacial score (nSPS) is 22.2. The van der Waals surface area contributed by atoms with Crippen LogP contribution < -0.4 is 5.32 Å². The number of likely N-dealkylation sites (tertiary alicyclic amines) is 1. The number of carboxylic acid groups (broad SMARTS) is 1. The summed E-state index contributed by atoms with van der Waals surface area (Å²) in [5.74, 6) is -2.05. The Hall–Kier alpha value is -2.77. The van der Waals surface area contributed by atoms with Crippen LogP contribution in [-0.2, 0) is 16.0 Å². The molecular weight excluding hydrogens is 375 g/mol. The topological polar surface area (TPSA) is 89.9 Å². The van der Waals surface area contributed by atoms with E-state index < -0.39 is 29.2 Å². The zero-order valence-corrected chi connectivity index (χ0v) is 16.3. The van der Waals surface area contributed by atoms with Gasteiger partial charge >= 0.3 is 5.97 Å². The predicted molar refractivity (Wildman–Crippen MR) is 107 cm³/mol. The minimum absolute atomic E-state index is 0.0299. The number of aliphatic hydroxyl groups excluding tert-OH is 1. The standard InChI is InChI=1S/C22H25FN2O4/c1-15-7-8-17(23)18(11-15)24-20(27)13-25-10-9-19(26)22(14-25,21(28)29)12-16-5-3-2-4-6-16/h2-8,11,19,26H,9-10,12-14H2,1H3,(H,24,27)(H,28,29)/t19-,22-/m0/s1. The zero-order valence-electron chi connectivity index (χ0n) is 16.3. The number of carbonyl (C=O) groups excluding carboxylic acids is 1. The van der Waals surface area contributed by atoms with Crippen molar-refractivity contribution < 1.29 is 24.2 Å². The fourth-order valence-electron chi connectivity index (χ4n) is 3.85. The molecule has 7 heteroatoms. The van der Waals surface area contributed by atoms with Crippen LogP contribution in [0.3, 0.4) is 0 Å². The van der Waals surface area contributed by atoms with E-state index in [0.29, 0.717) is 6.54 Å². The Morgan fingerprint density at radius 1 is 1.24 bits per heavy atom. The molecule has 3 rings (SSSR count). The summed E-state index contributed by atoms with van der Waals surface area (Å²) in [6.07, 6.45) is -0.617. The number of hydrogen-bond donors (Lipinski definition) is 3. The molecule has 6 nitrogen and oxygen atoms in total. The van der Waals surface area contributed by atoms with Gasteiger partial charge in [0.15, 0.2) is 0 Å². The van der Waals surface area contributed by atoms with Crippen molar-refractivity contribution >= 4 is 17.6 Å². The van der Waals surface area contributed by atoms with Gasteiger partial charge in [-0.05, 0) is 43.0 Å². The Morgan fingerprint density at radius 3 is 2.66 bits per heavy atom. The number of piperidine rings is 1. The maximum absolute atomic E-state index is 13.9. The number of aryl methyl sites for hydroxylation is 1. The van der Waals surface area contributed by atoms with E-state index in [1.54, 1.807) is 24.0 Å². The fraction of sp³-hybridized carbons (Fsp3) is 0.364. The number of amides is 1. The fourth-order valence-corrected chi connectivity index (χ4v) is 3.85. The van der Waals surface area contributed by atoms with E-state index in [2.05, 4.69) is 5.32 Å². The number of nitrogens with zero attached hydrogens (tertiary/aromatic N) is 1. The maximum Gasteiger partial charge on any atom is 0.313 e. The van der Waals surface area contributed by atoms with Crippen LogP contribution in [0.1, 0.15) is 17.5 Å². The number of nitrogens with one attached hydrogen (secondary N) is 1. The van der Waals surface area contributed by atoms with Gasteiger partial charge in [0.25, 0.3) is 0 Å². The van der Waals surface area contributed by atoms with E-state index in [4.69, 9.17) is 0 Å². The average molecular weight is 400 g/mol. The van der Waals surface area contributed by atoms with Gasteiger partial charge in [0.05, 0.1) is 18.3 Å². The molecule has 3 N–H and O–H groups in total. The van der Waals surface area contributed by atoms with Crippen molar-refractivity contribution in [3.05, 3.63) is 65.5 Å². The first kappa shape index (κ1) is 21.0. The van der Waals surface area contributed by atoms with Gasteiger partial charge in [-0.25, -0.2) is 4.39 Å². The molecule has 1 aliphatic rings. The summed E-state index contributed by atoms with van der Waals surface area (Å²) in [5.41, 5.74) is 0.313. The Balaban J connectivity index is 1.73. The lowest BCUT2D eigenvalue weighted by atomic mass is 9.73. The molecule has 0 unspecified atom stereocenters. The van der Waals surface area contributed by atoms with Gasteiger partial charge in [-0.1, -0.05) is 36.4 Å². The summed E-state index contributed by atoms with van der Waals surface area (Å²) < 4.78 is 13.9. The Labute approximate surface area is 169 Å². The third-order valence-electron chi connectivity index (χ3n) is 5.41. The lowest BCUT2D eigenvalue weighted by Gasteiger charge is -2.43. The van der Waals surface area contributed by atoms with Crippen molar-refractivity contribution in [1.82, 2.24) is 4.90 Å². The summed E-state index contributed by atoms with van der Waals surface area (Å²) in [6.45, 7) is 2.13. The second kappa shape index (κ2) is 8.71. The minimum Gasteiger partial charge on any atom is -0.481 e. The van der Waals surface area contributed by atoms with Gasteiger partial charge in [0, 0.05) is 13.1 Å². The number of aliphatic hydroxyl groups is 1. The van der Waals surface area contributed by atoms with E-state index in [1.165, 1.54) is 6.07 Å². The number of carbonyl (C=O) groups is 2. The molecule has 0 aliphatic carbocycles. The van der Waals surface area contributed by atoms with E-state index >= 15 is 0 Å². The molecule has 1 aliphatic heterocycles. The Bertz CT molecular complexity index is 890. The molecule has 1 heterocycles. The van der Waals surface area contributed by atoms with Gasteiger partial charge < -0.3 is 15.5 Å². The molecule has 0 bridgehead atoms. The Kier molecular flexibility index (Phi) is 6.30. The van der Waals surface area contributed by atoms with Crippen LogP contribution in [0.4, 0.5) is 10.1 Å². The highest BCUT2D eigenvalue weighted by atomic mass is 19.1. The van der Waals surface area contributed by atoms with Gasteiger partial charge in [0.1, 0.15) is 11.2 Å². The van der Waals surface area contributed by atoms with Gasteiger partial charge in [-0.2, -0.15) is 0 Å². The highest BCUT2D eigenvalue weighted by Gasteiger charge is 2.49. The van der Waals surface area contributed by atoms with Crippen molar-refractivity contribution in [2.75, 3.05) is 25.0 Å². The van der Waals surface area contributed by atoms with Crippen LogP contribution in [0.15, 0.2) is 48.5 Å². The number of aliphatic carboxylic acids is 1. The van der Waals surface area contributed by atoms with Crippen LogP contribution in [0, 0.1) is 18.2 Å². The largest absolute Gasteiger partial charge is 0.481 e. The molecule has 0 spiro atoms. The SMILES string of the molecule is Cc1ccc(F)c(NC(=O)CN2CC[C@H](O)[C@@](Cc3ccccc3)(C(=O)O)C2)c1. The monoisotopic (exact) mass is 400 g/mol. The van der Waals surface area contributed by atoms with Crippen LogP contribution in [0.5, 0.6) is 0 Å². The summed E-state index contributed by atoms with van der Waals surface area (Å²) in [6, 6.07) is 13.6. The third kappa shape index (κ3) is 4.81. The summed E-state index contributed by atoms with van der Waals surface area (Å²) in [7, 11) is 0. The maximum atomic E-state index is 13.9. The molecule has 1 amide bonds. The quantitative estimate of drug-likeness (QED) is 0.693. The van der Waals surface area contributed by atoms with Crippen molar-refractivity contribution in [3.63, 3.8) is 0 Å². The molecule has 0 saturated carbocycles. The average Bonchev–Trinajstić information content (AvgIpc) is 2.68. The second-order valence-corrected chi connectivity index (χ2v) is 7.67. The molecular formula is C22H25FN2O4. The number of rotatable bonds is 6.